The maximum atomic E-state index is 12.4. The van der Waals surface area contributed by atoms with Crippen LogP contribution in [-0.4, -0.2) is 38.0 Å². The molecule has 1 aromatic carbocycles. The molecule has 0 saturated heterocycles. The van der Waals surface area contributed by atoms with Crippen LogP contribution in [0.1, 0.15) is 44.1 Å². The zero-order valence-electron chi connectivity index (χ0n) is 14.2. The lowest BCUT2D eigenvalue weighted by atomic mass is 9.95. The summed E-state index contributed by atoms with van der Waals surface area (Å²) in [5, 5.41) is 7.20. The third-order valence-electron chi connectivity index (χ3n) is 4.63. The van der Waals surface area contributed by atoms with E-state index in [1.54, 1.807) is 14.2 Å². The van der Waals surface area contributed by atoms with Gasteiger partial charge in [-0.1, -0.05) is 30.5 Å². The highest BCUT2D eigenvalue weighted by Gasteiger charge is 2.32. The number of nitrogens with zero attached hydrogens (tertiary/aromatic N) is 1. The fourth-order valence-electron chi connectivity index (χ4n) is 3.33. The van der Waals surface area contributed by atoms with Crippen molar-refractivity contribution < 1.29 is 19.1 Å². The topological polar surface area (TPSA) is 69.2 Å². The van der Waals surface area contributed by atoms with Crippen molar-refractivity contribution >= 4 is 11.6 Å². The zero-order valence-corrected chi connectivity index (χ0v) is 14.2. The number of para-hydroxylation sites is 1. The van der Waals surface area contributed by atoms with E-state index in [2.05, 4.69) is 10.5 Å². The number of hydrogen-bond donors (Lipinski definition) is 1. The van der Waals surface area contributed by atoms with Crippen molar-refractivity contribution in [2.24, 2.45) is 5.16 Å². The Morgan fingerprint density at radius 3 is 2.71 bits per heavy atom. The van der Waals surface area contributed by atoms with E-state index in [0.29, 0.717) is 23.6 Å². The van der Waals surface area contributed by atoms with Crippen LogP contribution in [0.15, 0.2) is 23.4 Å². The summed E-state index contributed by atoms with van der Waals surface area (Å²) in [6, 6.07) is 5.86. The minimum absolute atomic E-state index is 0.0810. The molecule has 0 bridgehead atoms. The Morgan fingerprint density at radius 1 is 1.21 bits per heavy atom. The Morgan fingerprint density at radius 2 is 2.00 bits per heavy atom. The van der Waals surface area contributed by atoms with Crippen molar-refractivity contribution in [1.29, 1.82) is 0 Å². The standard InChI is InChI=1S/C18H24N2O4/c1-22-15-10-6-9-13(17(15)23-2)14-11-16(24-20-14)18(21)19-12-7-4-3-5-8-12/h6,9-10,12,16H,3-5,7-8,11H2,1-2H3,(H,19,21)/t16-/m0/s1. The molecule has 1 amide bonds. The number of rotatable bonds is 5. The lowest BCUT2D eigenvalue weighted by molar-refractivity contribution is -0.132. The smallest absolute Gasteiger partial charge is 0.264 e. The average molecular weight is 332 g/mol. The first-order chi connectivity index (χ1) is 11.7. The van der Waals surface area contributed by atoms with Gasteiger partial charge in [-0.3, -0.25) is 4.79 Å². The minimum atomic E-state index is -0.571. The number of nitrogens with one attached hydrogen (secondary N) is 1. The molecule has 0 unspecified atom stereocenters. The van der Waals surface area contributed by atoms with Gasteiger partial charge in [-0.2, -0.15) is 0 Å². The summed E-state index contributed by atoms with van der Waals surface area (Å²) >= 11 is 0. The molecule has 1 aliphatic heterocycles. The van der Waals surface area contributed by atoms with Crippen LogP contribution in [0.3, 0.4) is 0 Å². The van der Waals surface area contributed by atoms with Crippen LogP contribution in [0.2, 0.25) is 0 Å². The van der Waals surface area contributed by atoms with E-state index in [9.17, 15) is 4.79 Å². The van der Waals surface area contributed by atoms with Gasteiger partial charge in [0.25, 0.3) is 5.91 Å². The van der Waals surface area contributed by atoms with Crippen LogP contribution in [0.5, 0.6) is 11.5 Å². The number of hydrogen-bond acceptors (Lipinski definition) is 5. The number of carbonyl (C=O) groups excluding carboxylic acids is 1. The molecule has 0 radical (unpaired) electrons. The van der Waals surface area contributed by atoms with Gasteiger partial charge in [0.15, 0.2) is 11.5 Å². The number of benzene rings is 1. The second kappa shape index (κ2) is 7.55. The normalized spacial score (nSPS) is 20.9. The second-order valence-electron chi connectivity index (χ2n) is 6.22. The van der Waals surface area contributed by atoms with Crippen LogP contribution >= 0.6 is 0 Å². The lowest BCUT2D eigenvalue weighted by Gasteiger charge is -2.23. The molecule has 1 heterocycles. The molecule has 130 valence electrons. The maximum absolute atomic E-state index is 12.4. The molecule has 0 aromatic heterocycles. The molecule has 1 atom stereocenters. The molecule has 1 saturated carbocycles. The summed E-state index contributed by atoms with van der Waals surface area (Å²) in [6.45, 7) is 0. The van der Waals surface area contributed by atoms with Gasteiger partial charge in [0, 0.05) is 18.0 Å². The van der Waals surface area contributed by atoms with Crippen LogP contribution in [0, 0.1) is 0 Å². The summed E-state index contributed by atoms with van der Waals surface area (Å²) in [5.41, 5.74) is 1.50. The molecule has 24 heavy (non-hydrogen) atoms. The van der Waals surface area contributed by atoms with Gasteiger partial charge in [0.05, 0.1) is 19.9 Å². The van der Waals surface area contributed by atoms with Crippen molar-refractivity contribution in [1.82, 2.24) is 5.32 Å². The Labute approximate surface area is 142 Å². The van der Waals surface area contributed by atoms with Crippen molar-refractivity contribution in [2.75, 3.05) is 14.2 Å². The summed E-state index contributed by atoms with van der Waals surface area (Å²) in [6.07, 6.45) is 5.58. The molecule has 6 nitrogen and oxygen atoms in total. The number of amides is 1. The van der Waals surface area contributed by atoms with Gasteiger partial charge >= 0.3 is 0 Å². The van der Waals surface area contributed by atoms with E-state index in [0.717, 1.165) is 18.4 Å². The van der Waals surface area contributed by atoms with Crippen LogP contribution in [0.25, 0.3) is 0 Å². The quantitative estimate of drug-likeness (QED) is 0.900. The largest absolute Gasteiger partial charge is 0.493 e. The van der Waals surface area contributed by atoms with Gasteiger partial charge in [-0.25, -0.2) is 0 Å². The van der Waals surface area contributed by atoms with Crippen molar-refractivity contribution in [3.05, 3.63) is 23.8 Å². The summed E-state index contributed by atoms with van der Waals surface area (Å²) < 4.78 is 10.7. The third-order valence-corrected chi connectivity index (χ3v) is 4.63. The first-order valence-corrected chi connectivity index (χ1v) is 8.47. The average Bonchev–Trinajstić information content (AvgIpc) is 3.12. The molecule has 1 aliphatic carbocycles. The highest BCUT2D eigenvalue weighted by molar-refractivity contribution is 6.06. The van der Waals surface area contributed by atoms with Crippen LogP contribution in [-0.2, 0) is 9.63 Å². The fourth-order valence-corrected chi connectivity index (χ4v) is 3.33. The Hall–Kier alpha value is -2.24. The van der Waals surface area contributed by atoms with E-state index in [1.165, 1.54) is 19.3 Å². The number of methoxy groups -OCH3 is 2. The molecular formula is C18H24N2O4. The molecule has 6 heteroatoms. The van der Waals surface area contributed by atoms with Crippen molar-refractivity contribution in [3.63, 3.8) is 0 Å². The summed E-state index contributed by atoms with van der Waals surface area (Å²) in [7, 11) is 3.18. The first-order valence-electron chi connectivity index (χ1n) is 8.47. The Balaban J connectivity index is 1.65. The zero-order chi connectivity index (χ0) is 16.9. The van der Waals surface area contributed by atoms with Crippen molar-refractivity contribution in [2.45, 2.75) is 50.7 Å². The van der Waals surface area contributed by atoms with Crippen LogP contribution < -0.4 is 14.8 Å². The first kappa shape index (κ1) is 16.6. The monoisotopic (exact) mass is 332 g/mol. The predicted octanol–water partition coefficient (Wildman–Crippen LogP) is 2.65. The number of carbonyl (C=O) groups is 1. The number of oxime groups is 1. The van der Waals surface area contributed by atoms with Gasteiger partial charge in [0.1, 0.15) is 0 Å². The molecule has 1 N–H and O–H groups in total. The highest BCUT2D eigenvalue weighted by Crippen LogP contribution is 2.33. The highest BCUT2D eigenvalue weighted by atomic mass is 16.6. The van der Waals surface area contributed by atoms with Crippen LogP contribution in [0.4, 0.5) is 0 Å². The fraction of sp³-hybridized carbons (Fsp3) is 0.556. The van der Waals surface area contributed by atoms with Gasteiger partial charge in [-0.05, 0) is 25.0 Å². The second-order valence-corrected chi connectivity index (χ2v) is 6.22. The molecule has 3 rings (SSSR count). The van der Waals surface area contributed by atoms with E-state index in [-0.39, 0.29) is 11.9 Å². The molecule has 2 aliphatic rings. The molecule has 1 fully saturated rings. The van der Waals surface area contributed by atoms with E-state index < -0.39 is 6.10 Å². The molecular weight excluding hydrogens is 308 g/mol. The maximum Gasteiger partial charge on any atom is 0.264 e. The summed E-state index contributed by atoms with van der Waals surface area (Å²) in [5.74, 6) is 1.16. The predicted molar refractivity (Wildman–Crippen MR) is 90.6 cm³/mol. The molecule has 1 aromatic rings. The Kier molecular flexibility index (Phi) is 5.23. The lowest BCUT2D eigenvalue weighted by Crippen LogP contribution is -2.42. The Bertz CT molecular complexity index is 623. The van der Waals surface area contributed by atoms with E-state index >= 15 is 0 Å². The minimum Gasteiger partial charge on any atom is -0.493 e. The van der Waals surface area contributed by atoms with E-state index in [4.69, 9.17) is 14.3 Å². The molecule has 0 spiro atoms. The number of ether oxygens (including phenoxy) is 2. The van der Waals surface area contributed by atoms with Gasteiger partial charge < -0.3 is 19.6 Å². The summed E-state index contributed by atoms with van der Waals surface area (Å²) in [4.78, 5) is 17.8. The third kappa shape index (κ3) is 3.47. The SMILES string of the molecule is COc1cccc(C2=NO[C@H](C(=O)NC3CCCCC3)C2)c1OC. The van der Waals surface area contributed by atoms with Crippen molar-refractivity contribution in [3.8, 4) is 11.5 Å². The van der Waals surface area contributed by atoms with Gasteiger partial charge in [-0.15, -0.1) is 0 Å². The van der Waals surface area contributed by atoms with E-state index in [1.807, 2.05) is 18.2 Å². The van der Waals surface area contributed by atoms with Gasteiger partial charge in [0.2, 0.25) is 6.10 Å².